The predicted octanol–water partition coefficient (Wildman–Crippen LogP) is 0.871. The van der Waals surface area contributed by atoms with Crippen molar-refractivity contribution in [2.24, 2.45) is 0 Å². The van der Waals surface area contributed by atoms with E-state index in [0.29, 0.717) is 6.42 Å². The third kappa shape index (κ3) is 3.39. The highest BCUT2D eigenvalue weighted by molar-refractivity contribution is 5.86. The number of pyridine rings is 1. The summed E-state index contributed by atoms with van der Waals surface area (Å²) in [6.45, 7) is 1.81. The van der Waals surface area contributed by atoms with Crippen molar-refractivity contribution >= 4 is 17.5 Å². The number of rotatable bonds is 6. The van der Waals surface area contributed by atoms with Crippen molar-refractivity contribution in [3.8, 4) is 0 Å². The van der Waals surface area contributed by atoms with Gasteiger partial charge in [-0.25, -0.2) is 9.78 Å². The summed E-state index contributed by atoms with van der Waals surface area (Å²) in [6, 6.07) is 2.12. The first-order valence-corrected chi connectivity index (χ1v) is 5.26. The minimum atomic E-state index is -1.27. The van der Waals surface area contributed by atoms with Crippen molar-refractivity contribution in [1.29, 1.82) is 0 Å². The second kappa shape index (κ2) is 5.92. The zero-order valence-electron chi connectivity index (χ0n) is 9.66. The Morgan fingerprint density at radius 1 is 1.61 bits per heavy atom. The van der Waals surface area contributed by atoms with Gasteiger partial charge < -0.3 is 15.5 Å². The molecule has 0 fully saturated rings. The van der Waals surface area contributed by atoms with E-state index in [1.807, 2.05) is 0 Å². The third-order valence-electron chi connectivity index (χ3n) is 2.27. The van der Waals surface area contributed by atoms with Crippen LogP contribution in [0.3, 0.4) is 0 Å². The Labute approximate surface area is 102 Å². The number of nitrogens with one attached hydrogen (secondary N) is 1. The van der Waals surface area contributed by atoms with Crippen LogP contribution in [0.1, 0.15) is 23.8 Å². The lowest BCUT2D eigenvalue weighted by Crippen LogP contribution is -2.20. The molecule has 0 spiro atoms. The number of aliphatic hydroxyl groups is 1. The van der Waals surface area contributed by atoms with Crippen LogP contribution in [-0.4, -0.2) is 38.7 Å². The number of carboxylic acids is 1. The molecule has 0 aliphatic carbocycles. The van der Waals surface area contributed by atoms with E-state index >= 15 is 0 Å². The Bertz CT molecular complexity index is 463. The lowest BCUT2D eigenvalue weighted by Gasteiger charge is -2.10. The normalized spacial score (nSPS) is 11.9. The molecule has 3 N–H and O–H groups in total. The fraction of sp³-hybridized carbons (Fsp3) is 0.400. The standard InChI is InChI=1S/C10H13N3O5/c1-2-6(14)5-11-9-8(13(17)18)4-3-7(12-9)10(15)16/h3-4,6,14H,2,5H2,1H3,(H,11,12)(H,15,16). The minimum Gasteiger partial charge on any atom is -0.477 e. The summed E-state index contributed by atoms with van der Waals surface area (Å²) in [5.41, 5.74) is -0.627. The zero-order valence-corrected chi connectivity index (χ0v) is 9.66. The van der Waals surface area contributed by atoms with Crippen LogP contribution in [0.15, 0.2) is 12.1 Å². The molecule has 1 atom stereocenters. The quantitative estimate of drug-likeness (QED) is 0.508. The Morgan fingerprint density at radius 3 is 2.78 bits per heavy atom. The lowest BCUT2D eigenvalue weighted by atomic mass is 10.2. The molecule has 98 valence electrons. The number of aromatic nitrogens is 1. The van der Waals surface area contributed by atoms with Crippen molar-refractivity contribution in [2.75, 3.05) is 11.9 Å². The van der Waals surface area contributed by atoms with Crippen molar-refractivity contribution < 1.29 is 19.9 Å². The number of carboxylic acid groups (broad SMARTS) is 1. The van der Waals surface area contributed by atoms with E-state index in [1.165, 1.54) is 0 Å². The summed E-state index contributed by atoms with van der Waals surface area (Å²) < 4.78 is 0. The van der Waals surface area contributed by atoms with E-state index in [0.717, 1.165) is 12.1 Å². The fourth-order valence-electron chi connectivity index (χ4n) is 1.21. The summed E-state index contributed by atoms with van der Waals surface area (Å²) in [4.78, 5) is 24.4. The zero-order chi connectivity index (χ0) is 13.7. The average molecular weight is 255 g/mol. The van der Waals surface area contributed by atoms with Gasteiger partial charge in [0.05, 0.1) is 11.0 Å². The molecule has 0 aromatic carbocycles. The monoisotopic (exact) mass is 255 g/mol. The third-order valence-corrected chi connectivity index (χ3v) is 2.27. The lowest BCUT2D eigenvalue weighted by molar-refractivity contribution is -0.384. The maximum atomic E-state index is 10.7. The van der Waals surface area contributed by atoms with Crippen LogP contribution in [0, 0.1) is 10.1 Å². The summed E-state index contributed by atoms with van der Waals surface area (Å²) in [5.74, 6) is -1.43. The number of carbonyl (C=O) groups is 1. The fourth-order valence-corrected chi connectivity index (χ4v) is 1.21. The van der Waals surface area contributed by atoms with Gasteiger partial charge in [0.15, 0.2) is 5.69 Å². The van der Waals surface area contributed by atoms with Gasteiger partial charge in [0.2, 0.25) is 5.82 Å². The van der Waals surface area contributed by atoms with E-state index in [1.54, 1.807) is 6.92 Å². The molecule has 1 aromatic heterocycles. The van der Waals surface area contributed by atoms with E-state index in [4.69, 9.17) is 5.11 Å². The van der Waals surface area contributed by atoms with E-state index in [-0.39, 0.29) is 23.7 Å². The van der Waals surface area contributed by atoms with Crippen molar-refractivity contribution in [3.63, 3.8) is 0 Å². The molecule has 1 aromatic rings. The minimum absolute atomic E-state index is 0.0629. The van der Waals surface area contributed by atoms with Crippen LogP contribution in [0.4, 0.5) is 11.5 Å². The van der Waals surface area contributed by atoms with Gasteiger partial charge in [-0.3, -0.25) is 10.1 Å². The highest BCUT2D eigenvalue weighted by Gasteiger charge is 2.18. The highest BCUT2D eigenvalue weighted by atomic mass is 16.6. The summed E-state index contributed by atoms with van der Waals surface area (Å²) >= 11 is 0. The second-order valence-electron chi connectivity index (χ2n) is 3.57. The molecule has 18 heavy (non-hydrogen) atoms. The first-order valence-electron chi connectivity index (χ1n) is 5.26. The second-order valence-corrected chi connectivity index (χ2v) is 3.57. The van der Waals surface area contributed by atoms with Gasteiger partial charge >= 0.3 is 11.7 Å². The van der Waals surface area contributed by atoms with Crippen LogP contribution in [0.5, 0.6) is 0 Å². The van der Waals surface area contributed by atoms with Gasteiger partial charge in [0.25, 0.3) is 0 Å². The Kier molecular flexibility index (Phi) is 4.55. The molecule has 0 bridgehead atoms. The Balaban J connectivity index is 3.00. The Morgan fingerprint density at radius 2 is 2.28 bits per heavy atom. The van der Waals surface area contributed by atoms with Crippen molar-refractivity contribution in [1.82, 2.24) is 4.98 Å². The van der Waals surface area contributed by atoms with Crippen LogP contribution in [0.2, 0.25) is 0 Å². The molecule has 1 unspecified atom stereocenters. The molecule has 0 aliphatic rings. The predicted molar refractivity (Wildman–Crippen MR) is 62.6 cm³/mol. The van der Waals surface area contributed by atoms with E-state index < -0.39 is 17.0 Å². The summed E-state index contributed by atoms with van der Waals surface area (Å²) in [6.07, 6.45) is -0.209. The first-order chi connectivity index (χ1) is 8.45. The van der Waals surface area contributed by atoms with Gasteiger partial charge in [-0.2, -0.15) is 0 Å². The van der Waals surface area contributed by atoms with Crippen LogP contribution < -0.4 is 5.32 Å². The molecule has 8 heteroatoms. The molecule has 0 aliphatic heterocycles. The van der Waals surface area contributed by atoms with Gasteiger partial charge in [0, 0.05) is 12.6 Å². The van der Waals surface area contributed by atoms with E-state index in [9.17, 15) is 20.0 Å². The molecular formula is C10H13N3O5. The highest BCUT2D eigenvalue weighted by Crippen LogP contribution is 2.22. The largest absolute Gasteiger partial charge is 0.477 e. The smallest absolute Gasteiger partial charge is 0.354 e. The first kappa shape index (κ1) is 13.8. The van der Waals surface area contributed by atoms with Crippen LogP contribution in [0.25, 0.3) is 0 Å². The van der Waals surface area contributed by atoms with Crippen LogP contribution in [-0.2, 0) is 0 Å². The van der Waals surface area contributed by atoms with Gasteiger partial charge in [-0.15, -0.1) is 0 Å². The summed E-state index contributed by atoms with van der Waals surface area (Å²) in [5, 5.41) is 31.4. The van der Waals surface area contributed by atoms with Gasteiger partial charge in [-0.05, 0) is 12.5 Å². The van der Waals surface area contributed by atoms with Gasteiger partial charge in [-0.1, -0.05) is 6.92 Å². The van der Waals surface area contributed by atoms with Crippen LogP contribution >= 0.6 is 0 Å². The number of aromatic carboxylic acids is 1. The molecule has 0 saturated carbocycles. The number of hydrogen-bond donors (Lipinski definition) is 3. The number of nitro groups is 1. The molecule has 1 rings (SSSR count). The average Bonchev–Trinajstić information content (AvgIpc) is 2.35. The van der Waals surface area contributed by atoms with E-state index in [2.05, 4.69) is 10.3 Å². The molecule has 8 nitrogen and oxygen atoms in total. The molecule has 0 amide bonds. The topological polar surface area (TPSA) is 126 Å². The maximum absolute atomic E-state index is 10.7. The molecule has 0 saturated heterocycles. The number of anilines is 1. The maximum Gasteiger partial charge on any atom is 0.354 e. The SMILES string of the molecule is CCC(O)CNc1nc(C(=O)O)ccc1[N+](=O)[O-]. The number of hydrogen-bond acceptors (Lipinski definition) is 6. The van der Waals surface area contributed by atoms with Gasteiger partial charge in [0.1, 0.15) is 0 Å². The Hall–Kier alpha value is -2.22. The van der Waals surface area contributed by atoms with Crippen molar-refractivity contribution in [2.45, 2.75) is 19.4 Å². The molecule has 0 radical (unpaired) electrons. The number of aliphatic hydroxyl groups excluding tert-OH is 1. The number of nitrogens with zero attached hydrogens (tertiary/aromatic N) is 2. The molecular weight excluding hydrogens is 242 g/mol. The molecule has 1 heterocycles. The van der Waals surface area contributed by atoms with Crippen molar-refractivity contribution in [3.05, 3.63) is 27.9 Å². The summed E-state index contributed by atoms with van der Waals surface area (Å²) in [7, 11) is 0.